The van der Waals surface area contributed by atoms with Crippen molar-refractivity contribution in [1.29, 1.82) is 0 Å². The molecule has 0 aliphatic rings. The van der Waals surface area contributed by atoms with E-state index in [0.29, 0.717) is 15.2 Å². The molecule has 0 fully saturated rings. The van der Waals surface area contributed by atoms with Crippen molar-refractivity contribution in [2.24, 2.45) is 0 Å². The van der Waals surface area contributed by atoms with Crippen LogP contribution in [0, 0.1) is 13.8 Å². The zero-order chi connectivity index (χ0) is 12.1. The summed E-state index contributed by atoms with van der Waals surface area (Å²) < 4.78 is 0. The van der Waals surface area contributed by atoms with E-state index in [0.717, 1.165) is 0 Å². The predicted molar refractivity (Wildman–Crippen MR) is 75.5 cm³/mol. The van der Waals surface area contributed by atoms with Gasteiger partial charge < -0.3 is 0 Å². The minimum absolute atomic E-state index is 0.485. The maximum absolute atomic E-state index is 2.26. The molecule has 0 N–H and O–H groups in total. The second kappa shape index (κ2) is 6.05. The van der Waals surface area contributed by atoms with Crippen LogP contribution in [0.5, 0.6) is 0 Å². The summed E-state index contributed by atoms with van der Waals surface area (Å²) in [6, 6.07) is 17.9. The average Bonchev–Trinajstić information content (AvgIpc) is 2.34. The van der Waals surface area contributed by atoms with Crippen LogP contribution in [-0.4, -0.2) is 15.2 Å². The summed E-state index contributed by atoms with van der Waals surface area (Å²) in [4.78, 5) is 0. The highest BCUT2D eigenvalue weighted by molar-refractivity contribution is 6.34. The molecule has 0 aliphatic heterocycles. The molecule has 17 heavy (non-hydrogen) atoms. The highest BCUT2D eigenvalue weighted by Gasteiger charge is 1.98. The summed E-state index contributed by atoms with van der Waals surface area (Å²) in [7, 11) is 0. The summed E-state index contributed by atoms with van der Waals surface area (Å²) >= 11 is 0.485. The molecule has 0 spiro atoms. The van der Waals surface area contributed by atoms with Gasteiger partial charge in [0.2, 0.25) is 15.2 Å². The molecule has 1 heteroatoms. The van der Waals surface area contributed by atoms with E-state index < -0.39 is 0 Å². The van der Waals surface area contributed by atoms with Crippen LogP contribution in [0.3, 0.4) is 0 Å². The lowest BCUT2D eigenvalue weighted by Crippen LogP contribution is -2.01. The Morgan fingerprint density at radius 1 is 0.647 bits per heavy atom. The summed E-state index contributed by atoms with van der Waals surface area (Å²) in [5, 5.41) is 2.52. The first kappa shape index (κ1) is 12.4. The van der Waals surface area contributed by atoms with Crippen LogP contribution in [0.1, 0.15) is 22.3 Å². The van der Waals surface area contributed by atoms with Crippen molar-refractivity contribution in [2.75, 3.05) is 0 Å². The summed E-state index contributed by atoms with van der Waals surface area (Å²) in [6.45, 7) is 4.28. The van der Waals surface area contributed by atoms with Gasteiger partial charge in [0, 0.05) is 0 Å². The summed E-state index contributed by atoms with van der Waals surface area (Å²) in [6.07, 6.45) is 0. The molecule has 0 saturated heterocycles. The van der Waals surface area contributed by atoms with E-state index in [1.807, 2.05) is 0 Å². The Hall–Kier alpha value is -1.03. The Labute approximate surface area is 110 Å². The maximum Gasteiger partial charge on any atom is 0.214 e. The van der Waals surface area contributed by atoms with Crippen molar-refractivity contribution >= 4 is 15.2 Å². The third-order valence-electron chi connectivity index (χ3n) is 3.00. The van der Waals surface area contributed by atoms with E-state index in [1.165, 1.54) is 32.8 Å². The van der Waals surface area contributed by atoms with E-state index in [9.17, 15) is 0 Å². The molecule has 0 saturated carbocycles. The van der Waals surface area contributed by atoms with Gasteiger partial charge in [0.05, 0.1) is 0 Å². The number of aryl methyl sites for hydroxylation is 2. The molecule has 0 aromatic heterocycles. The molecule has 2 aromatic carbocycles. The second-order valence-electron chi connectivity index (χ2n) is 4.67. The van der Waals surface area contributed by atoms with Gasteiger partial charge in [-0.1, -0.05) is 81.4 Å². The lowest BCUT2D eigenvalue weighted by atomic mass is 10.2. The molecule has 1 radical (unpaired) electrons. The molecule has 0 aliphatic carbocycles. The Morgan fingerprint density at radius 3 is 1.35 bits per heavy atom. The third kappa shape index (κ3) is 4.04. The quantitative estimate of drug-likeness (QED) is 0.711. The van der Waals surface area contributed by atoms with Gasteiger partial charge in [0.25, 0.3) is 0 Å². The number of hydrogen-bond donors (Lipinski definition) is 0. The van der Waals surface area contributed by atoms with Crippen LogP contribution < -0.4 is 0 Å². The van der Waals surface area contributed by atoms with Crippen molar-refractivity contribution < 1.29 is 0 Å². The highest BCUT2D eigenvalue weighted by atomic mass is 27.1. The molecule has 0 amide bonds. The van der Waals surface area contributed by atoms with Crippen molar-refractivity contribution in [1.82, 2.24) is 0 Å². The Balaban J connectivity index is 1.83. The normalized spacial score (nSPS) is 10.2. The van der Waals surface area contributed by atoms with Gasteiger partial charge in [0.15, 0.2) is 0 Å². The van der Waals surface area contributed by atoms with E-state index in [1.54, 1.807) is 0 Å². The first-order valence-corrected chi connectivity index (χ1v) is 7.80. The fourth-order valence-corrected chi connectivity index (χ4v) is 3.21. The van der Waals surface area contributed by atoms with Gasteiger partial charge in [-0.2, -0.15) is 0 Å². The lowest BCUT2D eigenvalue weighted by Gasteiger charge is -2.02. The van der Waals surface area contributed by atoms with E-state index >= 15 is 0 Å². The van der Waals surface area contributed by atoms with Crippen molar-refractivity contribution in [3.05, 3.63) is 70.8 Å². The number of rotatable bonds is 4. The largest absolute Gasteiger partial charge is 0.214 e. The first-order chi connectivity index (χ1) is 8.24. The fraction of sp³-hybridized carbons (Fsp3) is 0.250. The highest BCUT2D eigenvalue weighted by Crippen LogP contribution is 2.06. The molecule has 2 aromatic rings. The van der Waals surface area contributed by atoms with Crippen LogP contribution in [0.25, 0.3) is 0 Å². The fourth-order valence-electron chi connectivity index (χ4n) is 1.85. The Morgan fingerprint density at radius 2 is 1.00 bits per heavy atom. The molecule has 0 nitrogen and oxygen atoms in total. The number of hydrogen-bond acceptors (Lipinski definition) is 0. The Bertz CT molecular complexity index is 408. The minimum atomic E-state index is 0.485. The zero-order valence-electron chi connectivity index (χ0n) is 10.6. The first-order valence-electron chi connectivity index (χ1n) is 6.17. The molecule has 0 unspecified atom stereocenters. The van der Waals surface area contributed by atoms with Crippen molar-refractivity contribution in [3.63, 3.8) is 0 Å². The SMILES string of the molecule is Cc1ccc([CH2][Al][CH2]c2ccc(C)cc2)cc1. The van der Waals surface area contributed by atoms with Crippen molar-refractivity contribution in [2.45, 2.75) is 24.4 Å². The van der Waals surface area contributed by atoms with Gasteiger partial charge in [-0.05, 0) is 13.8 Å². The van der Waals surface area contributed by atoms with E-state index in [4.69, 9.17) is 0 Å². The average molecular weight is 237 g/mol. The van der Waals surface area contributed by atoms with Gasteiger partial charge >= 0.3 is 0 Å². The molecule has 0 bridgehead atoms. The number of benzene rings is 2. The van der Waals surface area contributed by atoms with Crippen molar-refractivity contribution in [3.8, 4) is 0 Å². The smallest absolute Gasteiger partial charge is 0.0801 e. The molecular weight excluding hydrogens is 219 g/mol. The Kier molecular flexibility index (Phi) is 4.43. The van der Waals surface area contributed by atoms with Crippen LogP contribution in [0.15, 0.2) is 48.5 Å². The molecule has 2 rings (SSSR count). The molecular formula is C16H18Al. The topological polar surface area (TPSA) is 0 Å². The minimum Gasteiger partial charge on any atom is -0.0801 e. The van der Waals surface area contributed by atoms with Crippen LogP contribution in [-0.2, 0) is 10.6 Å². The predicted octanol–water partition coefficient (Wildman–Crippen LogP) is 3.71. The van der Waals surface area contributed by atoms with Gasteiger partial charge in [-0.15, -0.1) is 0 Å². The third-order valence-corrected chi connectivity index (χ3v) is 4.52. The van der Waals surface area contributed by atoms with E-state index in [-0.39, 0.29) is 0 Å². The monoisotopic (exact) mass is 237 g/mol. The van der Waals surface area contributed by atoms with Crippen LogP contribution in [0.2, 0.25) is 0 Å². The van der Waals surface area contributed by atoms with Gasteiger partial charge in [0.1, 0.15) is 0 Å². The maximum atomic E-state index is 2.26. The van der Waals surface area contributed by atoms with E-state index in [2.05, 4.69) is 62.4 Å². The van der Waals surface area contributed by atoms with Gasteiger partial charge in [-0.25, -0.2) is 0 Å². The lowest BCUT2D eigenvalue weighted by molar-refractivity contribution is 1.28. The summed E-state index contributed by atoms with van der Waals surface area (Å²) in [5.74, 6) is 0. The zero-order valence-corrected chi connectivity index (χ0v) is 11.8. The van der Waals surface area contributed by atoms with Crippen LogP contribution in [0.4, 0.5) is 0 Å². The van der Waals surface area contributed by atoms with Crippen LogP contribution >= 0.6 is 0 Å². The second-order valence-corrected chi connectivity index (χ2v) is 6.06. The van der Waals surface area contributed by atoms with Gasteiger partial charge in [-0.3, -0.25) is 0 Å². The standard InChI is InChI=1S/2C8H9.Al/c2*1-7-3-5-8(2)6-4-7;/h2*3-6H,1H2,2H3;. The molecule has 0 heterocycles. The summed E-state index contributed by atoms with van der Waals surface area (Å²) in [5.41, 5.74) is 5.67. The molecule has 0 atom stereocenters. The molecule has 85 valence electrons.